The molecule has 2 aliphatic heterocycles. The van der Waals surface area contributed by atoms with Gasteiger partial charge in [0.05, 0.1) is 37.1 Å². The normalized spacial score (nSPS) is 29.6. The molecule has 0 bridgehead atoms. The largest absolute Gasteiger partial charge is 0.394 e. The highest BCUT2D eigenvalue weighted by molar-refractivity contribution is 5.87. The molecular formula is C26H43NO4. The molecule has 6 atom stereocenters. The number of rotatable bonds is 11. The predicted octanol–water partition coefficient (Wildman–Crippen LogP) is 4.57. The second-order valence-corrected chi connectivity index (χ2v) is 9.91. The minimum atomic E-state index is -0.213. The second kappa shape index (κ2) is 12.0. The number of amides is 1. The maximum atomic E-state index is 12.0. The lowest BCUT2D eigenvalue weighted by molar-refractivity contribution is -0.117. The van der Waals surface area contributed by atoms with E-state index in [2.05, 4.69) is 51.2 Å². The molecule has 0 aromatic carbocycles. The van der Waals surface area contributed by atoms with E-state index >= 15 is 0 Å². The Morgan fingerprint density at radius 2 is 1.94 bits per heavy atom. The number of nitrogens with one attached hydrogen (secondary N) is 1. The molecule has 2 fully saturated rings. The van der Waals surface area contributed by atoms with Crippen LogP contribution < -0.4 is 5.32 Å². The average Bonchev–Trinajstić information content (AvgIpc) is 3.34. The van der Waals surface area contributed by atoms with Gasteiger partial charge in [-0.2, -0.15) is 0 Å². The topological polar surface area (TPSA) is 71.1 Å². The van der Waals surface area contributed by atoms with Crippen LogP contribution in [0.2, 0.25) is 0 Å². The Bertz CT molecular complexity index is 668. The third-order valence-electron chi connectivity index (χ3n) is 6.71. The van der Waals surface area contributed by atoms with E-state index in [4.69, 9.17) is 9.47 Å². The molecule has 31 heavy (non-hydrogen) atoms. The lowest BCUT2D eigenvalue weighted by Gasteiger charge is -2.25. The fourth-order valence-electron chi connectivity index (χ4n) is 4.12. The molecule has 176 valence electrons. The van der Waals surface area contributed by atoms with Crippen LogP contribution in [0.4, 0.5) is 0 Å². The summed E-state index contributed by atoms with van der Waals surface area (Å²) in [5.74, 6) is 1.04. The van der Waals surface area contributed by atoms with Crippen LogP contribution in [-0.2, 0) is 14.3 Å². The van der Waals surface area contributed by atoms with Crippen molar-refractivity contribution in [1.82, 2.24) is 5.32 Å². The lowest BCUT2D eigenvalue weighted by atomic mass is 9.87. The van der Waals surface area contributed by atoms with E-state index in [1.54, 1.807) is 6.08 Å². The zero-order chi connectivity index (χ0) is 23.0. The van der Waals surface area contributed by atoms with Gasteiger partial charge in [-0.05, 0) is 50.5 Å². The number of carbonyl (C=O) groups is 1. The maximum absolute atomic E-state index is 12.0. The van der Waals surface area contributed by atoms with Crippen molar-refractivity contribution in [2.75, 3.05) is 13.2 Å². The Labute approximate surface area is 189 Å². The van der Waals surface area contributed by atoms with Gasteiger partial charge in [-0.3, -0.25) is 4.79 Å². The monoisotopic (exact) mass is 433 g/mol. The number of aliphatic hydroxyl groups is 1. The average molecular weight is 434 g/mol. The molecule has 0 radical (unpaired) electrons. The Morgan fingerprint density at radius 1 is 1.23 bits per heavy atom. The van der Waals surface area contributed by atoms with Gasteiger partial charge in [0.2, 0.25) is 5.91 Å². The van der Waals surface area contributed by atoms with Gasteiger partial charge in [-0.1, -0.05) is 57.6 Å². The fraction of sp³-hybridized carbons (Fsp3) is 0.731. The summed E-state index contributed by atoms with van der Waals surface area (Å²) in [6.45, 7) is 13.5. The third kappa shape index (κ3) is 8.55. The summed E-state index contributed by atoms with van der Waals surface area (Å²) in [5, 5.41) is 12.6. The minimum Gasteiger partial charge on any atom is -0.394 e. The number of ether oxygens (including phenoxy) is 2. The Hall–Kier alpha value is -1.43. The second-order valence-electron chi connectivity index (χ2n) is 9.91. The summed E-state index contributed by atoms with van der Waals surface area (Å²) in [4.78, 5) is 12.0. The van der Waals surface area contributed by atoms with Crippen molar-refractivity contribution in [3.8, 4) is 0 Å². The van der Waals surface area contributed by atoms with Crippen molar-refractivity contribution >= 4 is 5.91 Å². The highest BCUT2D eigenvalue weighted by atomic mass is 16.6. The van der Waals surface area contributed by atoms with Crippen LogP contribution in [0.5, 0.6) is 0 Å². The van der Waals surface area contributed by atoms with Crippen molar-refractivity contribution in [3.05, 3.63) is 36.0 Å². The maximum Gasteiger partial charge on any atom is 0.243 e. The predicted molar refractivity (Wildman–Crippen MR) is 126 cm³/mol. The minimum absolute atomic E-state index is 0.0405. The highest BCUT2D eigenvalue weighted by Crippen LogP contribution is 2.46. The smallest absolute Gasteiger partial charge is 0.243 e. The SMILES string of the molecule is CC(/C=C/C1CC2(CCO1)OC2C)=C\CC(C)C(C)CC(CO)NC(=O)/C=C\C(C)C. The van der Waals surface area contributed by atoms with E-state index in [9.17, 15) is 9.90 Å². The molecule has 1 spiro atoms. The number of allylic oxidation sites excluding steroid dienone is 4. The van der Waals surface area contributed by atoms with E-state index in [0.717, 1.165) is 32.3 Å². The van der Waals surface area contributed by atoms with E-state index in [1.807, 2.05) is 19.9 Å². The van der Waals surface area contributed by atoms with Crippen LogP contribution in [0, 0.1) is 17.8 Å². The van der Waals surface area contributed by atoms with Crippen molar-refractivity contribution < 1.29 is 19.4 Å². The van der Waals surface area contributed by atoms with E-state index in [0.29, 0.717) is 23.9 Å². The van der Waals surface area contributed by atoms with Gasteiger partial charge in [0, 0.05) is 12.8 Å². The van der Waals surface area contributed by atoms with Crippen LogP contribution in [0.25, 0.3) is 0 Å². The quantitative estimate of drug-likeness (QED) is 0.284. The standard InChI is InChI=1S/C26H43NO4/c1-18(2)7-12-25(29)27-23(17-28)15-21(5)20(4)10-8-19(3)9-11-24-16-26(13-14-30-24)22(6)31-26/h7-9,11-12,18,20-24,28H,10,13-17H2,1-6H3,(H,27,29)/b11-9+,12-7-,19-8+. The van der Waals surface area contributed by atoms with Crippen molar-refractivity contribution in [2.45, 2.75) is 91.1 Å². The Balaban J connectivity index is 1.76. The summed E-state index contributed by atoms with van der Waals surface area (Å²) in [6, 6.07) is -0.213. The molecule has 2 aliphatic rings. The van der Waals surface area contributed by atoms with Crippen LogP contribution in [0.3, 0.4) is 0 Å². The number of aliphatic hydroxyl groups excluding tert-OH is 1. The Kier molecular flexibility index (Phi) is 9.98. The third-order valence-corrected chi connectivity index (χ3v) is 6.71. The van der Waals surface area contributed by atoms with Gasteiger partial charge < -0.3 is 19.9 Å². The molecule has 0 saturated carbocycles. The van der Waals surface area contributed by atoms with E-state index < -0.39 is 0 Å². The fourth-order valence-corrected chi connectivity index (χ4v) is 4.12. The van der Waals surface area contributed by atoms with Crippen LogP contribution >= 0.6 is 0 Å². The van der Waals surface area contributed by atoms with Gasteiger partial charge in [-0.25, -0.2) is 0 Å². The summed E-state index contributed by atoms with van der Waals surface area (Å²) in [7, 11) is 0. The van der Waals surface area contributed by atoms with E-state index in [1.165, 1.54) is 5.57 Å². The molecule has 0 aliphatic carbocycles. The molecule has 2 N–H and O–H groups in total. The van der Waals surface area contributed by atoms with Crippen molar-refractivity contribution in [3.63, 3.8) is 0 Å². The zero-order valence-corrected chi connectivity index (χ0v) is 20.3. The van der Waals surface area contributed by atoms with Crippen molar-refractivity contribution in [1.29, 1.82) is 0 Å². The molecule has 0 aromatic heterocycles. The molecule has 1 amide bonds. The molecule has 2 saturated heterocycles. The lowest BCUT2D eigenvalue weighted by Crippen LogP contribution is -2.38. The molecule has 2 rings (SSSR count). The highest BCUT2D eigenvalue weighted by Gasteiger charge is 2.55. The first kappa shape index (κ1) is 25.8. The molecule has 5 heteroatoms. The first-order valence-electron chi connectivity index (χ1n) is 11.9. The summed E-state index contributed by atoms with van der Waals surface area (Å²) in [6.07, 6.45) is 14.2. The zero-order valence-electron chi connectivity index (χ0n) is 20.3. The van der Waals surface area contributed by atoms with Gasteiger partial charge in [0.1, 0.15) is 0 Å². The molecule has 2 heterocycles. The number of epoxide rings is 1. The number of hydrogen-bond donors (Lipinski definition) is 2. The molecule has 5 nitrogen and oxygen atoms in total. The van der Waals surface area contributed by atoms with E-state index in [-0.39, 0.29) is 30.3 Å². The van der Waals surface area contributed by atoms with Gasteiger partial charge in [-0.15, -0.1) is 0 Å². The summed E-state index contributed by atoms with van der Waals surface area (Å²) < 4.78 is 11.7. The number of carbonyl (C=O) groups excluding carboxylic acids is 1. The summed E-state index contributed by atoms with van der Waals surface area (Å²) >= 11 is 0. The van der Waals surface area contributed by atoms with Gasteiger partial charge >= 0.3 is 0 Å². The van der Waals surface area contributed by atoms with Gasteiger partial charge in [0.15, 0.2) is 0 Å². The van der Waals surface area contributed by atoms with Crippen LogP contribution in [0.1, 0.15) is 67.2 Å². The summed E-state index contributed by atoms with van der Waals surface area (Å²) in [5.41, 5.74) is 1.30. The number of hydrogen-bond acceptors (Lipinski definition) is 4. The van der Waals surface area contributed by atoms with Crippen molar-refractivity contribution in [2.24, 2.45) is 17.8 Å². The van der Waals surface area contributed by atoms with Crippen LogP contribution in [-0.4, -0.2) is 48.1 Å². The molecule has 0 aromatic rings. The van der Waals surface area contributed by atoms with Gasteiger partial charge in [0.25, 0.3) is 0 Å². The Morgan fingerprint density at radius 3 is 2.55 bits per heavy atom. The molecular weight excluding hydrogens is 390 g/mol. The first-order chi connectivity index (χ1) is 14.6. The van der Waals surface area contributed by atoms with Crippen LogP contribution in [0.15, 0.2) is 36.0 Å². The molecule has 6 unspecified atom stereocenters. The first-order valence-corrected chi connectivity index (χ1v) is 11.9.